The lowest BCUT2D eigenvalue weighted by Gasteiger charge is -2.00. The van der Waals surface area contributed by atoms with Crippen molar-refractivity contribution in [1.29, 1.82) is 0 Å². The van der Waals surface area contributed by atoms with Crippen molar-refractivity contribution < 1.29 is 9.34 Å². The summed E-state index contributed by atoms with van der Waals surface area (Å²) in [6.45, 7) is 0. The summed E-state index contributed by atoms with van der Waals surface area (Å²) < 4.78 is 6.52. The molecule has 0 spiro atoms. The van der Waals surface area contributed by atoms with Crippen molar-refractivity contribution in [2.24, 2.45) is 0 Å². The summed E-state index contributed by atoms with van der Waals surface area (Å²) in [5.74, 6) is 0.0488. The Balaban J connectivity index is 1.83. The second-order valence-electron chi connectivity index (χ2n) is 4.97. The minimum Gasteiger partial charge on any atom is -0.397 e. The van der Waals surface area contributed by atoms with Crippen LogP contribution in [0.25, 0.3) is 28.5 Å². The van der Waals surface area contributed by atoms with Crippen LogP contribution in [0.4, 0.5) is 11.8 Å². The van der Waals surface area contributed by atoms with Gasteiger partial charge in [-0.3, -0.25) is 10.1 Å². The topological polar surface area (TPSA) is 125 Å². The average molecular weight is 322 g/mol. The Labute approximate surface area is 134 Å². The standard InChI is InChI=1S/C15H10N6O3/c16-15-18-14(11-6-7-13(24-11)21(22)23)17-12-8-10(19-20(12)15)9-4-2-1-3-5-9/h1-8H,(H2,16,17,18). The first-order chi connectivity index (χ1) is 11.6. The highest BCUT2D eigenvalue weighted by Gasteiger charge is 2.17. The summed E-state index contributed by atoms with van der Waals surface area (Å²) >= 11 is 0. The smallest absolute Gasteiger partial charge is 0.397 e. The van der Waals surface area contributed by atoms with Crippen molar-refractivity contribution in [2.45, 2.75) is 0 Å². The molecule has 3 aromatic heterocycles. The van der Waals surface area contributed by atoms with Crippen LogP contribution < -0.4 is 5.73 Å². The number of anilines is 1. The third kappa shape index (κ3) is 2.24. The number of hydrogen-bond donors (Lipinski definition) is 1. The largest absolute Gasteiger partial charge is 0.433 e. The first-order valence-corrected chi connectivity index (χ1v) is 6.95. The zero-order chi connectivity index (χ0) is 16.7. The lowest BCUT2D eigenvalue weighted by atomic mass is 10.2. The summed E-state index contributed by atoms with van der Waals surface area (Å²) in [6.07, 6.45) is 0. The van der Waals surface area contributed by atoms with E-state index >= 15 is 0 Å². The molecule has 9 nitrogen and oxygen atoms in total. The molecular weight excluding hydrogens is 312 g/mol. The molecule has 0 aliphatic rings. The van der Waals surface area contributed by atoms with E-state index < -0.39 is 4.92 Å². The van der Waals surface area contributed by atoms with Crippen LogP contribution in [0, 0.1) is 10.1 Å². The summed E-state index contributed by atoms with van der Waals surface area (Å²) in [5, 5.41) is 15.1. The molecule has 0 bridgehead atoms. The molecule has 24 heavy (non-hydrogen) atoms. The van der Waals surface area contributed by atoms with E-state index in [1.165, 1.54) is 16.6 Å². The Bertz CT molecular complexity index is 1050. The van der Waals surface area contributed by atoms with E-state index in [2.05, 4.69) is 15.1 Å². The highest BCUT2D eigenvalue weighted by molar-refractivity contribution is 5.66. The SMILES string of the molecule is Nc1nc(-c2ccc([N+](=O)[O-])o2)nc2cc(-c3ccccc3)nn12. The Hall–Kier alpha value is -3.75. The van der Waals surface area contributed by atoms with E-state index in [1.54, 1.807) is 6.07 Å². The van der Waals surface area contributed by atoms with Crippen LogP contribution in [-0.4, -0.2) is 24.5 Å². The summed E-state index contributed by atoms with van der Waals surface area (Å²) in [4.78, 5) is 18.5. The van der Waals surface area contributed by atoms with E-state index in [0.29, 0.717) is 11.3 Å². The zero-order valence-corrected chi connectivity index (χ0v) is 12.2. The number of rotatable bonds is 3. The summed E-state index contributed by atoms with van der Waals surface area (Å²) in [6, 6.07) is 14.0. The summed E-state index contributed by atoms with van der Waals surface area (Å²) in [5.41, 5.74) is 8.00. The molecule has 0 saturated heterocycles. The molecule has 0 fully saturated rings. The van der Waals surface area contributed by atoms with Crippen LogP contribution in [0.3, 0.4) is 0 Å². The van der Waals surface area contributed by atoms with E-state index in [0.717, 1.165) is 5.56 Å². The van der Waals surface area contributed by atoms with Crippen molar-refractivity contribution in [1.82, 2.24) is 19.6 Å². The van der Waals surface area contributed by atoms with Crippen LogP contribution in [-0.2, 0) is 0 Å². The van der Waals surface area contributed by atoms with Gasteiger partial charge in [0, 0.05) is 11.6 Å². The van der Waals surface area contributed by atoms with E-state index in [-0.39, 0.29) is 23.4 Å². The quantitative estimate of drug-likeness (QED) is 0.453. The number of nitrogens with two attached hydrogens (primary N) is 1. The van der Waals surface area contributed by atoms with Crippen LogP contribution in [0.15, 0.2) is 52.9 Å². The van der Waals surface area contributed by atoms with Crippen LogP contribution in [0.2, 0.25) is 0 Å². The normalized spacial score (nSPS) is 11.0. The molecule has 4 rings (SSSR count). The monoisotopic (exact) mass is 322 g/mol. The number of hydrogen-bond acceptors (Lipinski definition) is 7. The lowest BCUT2D eigenvalue weighted by Crippen LogP contribution is -2.05. The molecule has 3 heterocycles. The van der Waals surface area contributed by atoms with Gasteiger partial charge in [0.25, 0.3) is 0 Å². The summed E-state index contributed by atoms with van der Waals surface area (Å²) in [7, 11) is 0. The van der Waals surface area contributed by atoms with Gasteiger partial charge < -0.3 is 10.2 Å². The molecule has 2 N–H and O–H groups in total. The van der Waals surface area contributed by atoms with E-state index in [1.807, 2.05) is 30.3 Å². The molecule has 9 heteroatoms. The maximum atomic E-state index is 10.7. The lowest BCUT2D eigenvalue weighted by molar-refractivity contribution is -0.401. The molecule has 0 aliphatic heterocycles. The molecule has 118 valence electrons. The van der Waals surface area contributed by atoms with E-state index in [9.17, 15) is 10.1 Å². The van der Waals surface area contributed by atoms with Gasteiger partial charge in [0.1, 0.15) is 4.92 Å². The maximum Gasteiger partial charge on any atom is 0.433 e. The molecule has 0 unspecified atom stereocenters. The van der Waals surface area contributed by atoms with Gasteiger partial charge in [-0.15, -0.1) is 0 Å². The van der Waals surface area contributed by atoms with Gasteiger partial charge in [-0.25, -0.2) is 4.98 Å². The number of aromatic nitrogens is 4. The van der Waals surface area contributed by atoms with Gasteiger partial charge in [-0.2, -0.15) is 14.6 Å². The minimum absolute atomic E-state index is 0.108. The number of fused-ring (bicyclic) bond motifs is 1. The van der Waals surface area contributed by atoms with Gasteiger partial charge in [0.05, 0.1) is 11.8 Å². The van der Waals surface area contributed by atoms with Crippen molar-refractivity contribution in [2.75, 3.05) is 5.73 Å². The number of furan rings is 1. The number of nitrogens with zero attached hydrogens (tertiary/aromatic N) is 5. The molecular formula is C15H10N6O3. The Kier molecular flexibility index (Phi) is 2.98. The second kappa shape index (κ2) is 5.16. The van der Waals surface area contributed by atoms with E-state index in [4.69, 9.17) is 10.2 Å². The fourth-order valence-corrected chi connectivity index (χ4v) is 2.32. The van der Waals surface area contributed by atoms with Crippen LogP contribution in [0.5, 0.6) is 0 Å². The Morgan fingerprint density at radius 3 is 2.62 bits per heavy atom. The Morgan fingerprint density at radius 2 is 1.92 bits per heavy atom. The Morgan fingerprint density at radius 1 is 1.12 bits per heavy atom. The zero-order valence-electron chi connectivity index (χ0n) is 12.2. The molecule has 1 aromatic carbocycles. The van der Waals surface area contributed by atoms with Crippen molar-refractivity contribution >= 4 is 17.5 Å². The second-order valence-corrected chi connectivity index (χ2v) is 4.97. The molecule has 0 atom stereocenters. The van der Waals surface area contributed by atoms with Gasteiger partial charge >= 0.3 is 5.88 Å². The van der Waals surface area contributed by atoms with Gasteiger partial charge in [-0.1, -0.05) is 30.3 Å². The van der Waals surface area contributed by atoms with Crippen LogP contribution in [0.1, 0.15) is 0 Å². The van der Waals surface area contributed by atoms with Gasteiger partial charge in [-0.05, 0) is 6.07 Å². The van der Waals surface area contributed by atoms with Crippen molar-refractivity contribution in [3.8, 4) is 22.8 Å². The third-order valence-electron chi connectivity index (χ3n) is 3.41. The molecule has 0 aliphatic carbocycles. The highest BCUT2D eigenvalue weighted by atomic mass is 16.6. The number of nitrogen functional groups attached to an aromatic ring is 1. The average Bonchev–Trinajstić information content (AvgIpc) is 3.23. The number of benzene rings is 1. The first kappa shape index (κ1) is 13.9. The molecule has 4 aromatic rings. The number of nitro groups is 1. The first-order valence-electron chi connectivity index (χ1n) is 6.95. The highest BCUT2D eigenvalue weighted by Crippen LogP contribution is 2.26. The minimum atomic E-state index is -0.627. The predicted octanol–water partition coefficient (Wildman–Crippen LogP) is 2.54. The fourth-order valence-electron chi connectivity index (χ4n) is 2.32. The molecule has 0 saturated carbocycles. The molecule has 0 amide bonds. The predicted molar refractivity (Wildman–Crippen MR) is 85.0 cm³/mol. The van der Waals surface area contributed by atoms with Crippen molar-refractivity contribution in [3.63, 3.8) is 0 Å². The fraction of sp³-hybridized carbons (Fsp3) is 0. The molecule has 0 radical (unpaired) electrons. The van der Waals surface area contributed by atoms with Gasteiger partial charge in [0.2, 0.25) is 11.8 Å². The van der Waals surface area contributed by atoms with Gasteiger partial charge in [0.15, 0.2) is 11.4 Å². The maximum absolute atomic E-state index is 10.7. The van der Waals surface area contributed by atoms with Crippen LogP contribution >= 0.6 is 0 Å². The van der Waals surface area contributed by atoms with Crippen molar-refractivity contribution in [3.05, 3.63) is 58.6 Å². The third-order valence-corrected chi connectivity index (χ3v) is 3.41.